The van der Waals surface area contributed by atoms with E-state index >= 15 is 0 Å². The van der Waals surface area contributed by atoms with Gasteiger partial charge in [0.05, 0.1) is 26.2 Å². The molecule has 31 heavy (non-hydrogen) atoms. The average molecular weight is 449 g/mol. The van der Waals surface area contributed by atoms with Crippen molar-refractivity contribution in [1.82, 2.24) is 5.32 Å². The van der Waals surface area contributed by atoms with Crippen LogP contribution in [0.5, 0.6) is 11.5 Å². The van der Waals surface area contributed by atoms with Crippen molar-refractivity contribution < 1.29 is 22.7 Å². The third kappa shape index (κ3) is 5.91. The summed E-state index contributed by atoms with van der Waals surface area (Å²) in [7, 11) is -0.767. The Morgan fingerprint density at radius 2 is 1.68 bits per heavy atom. The molecular weight excluding hydrogens is 416 g/mol. The topological polar surface area (TPSA) is 84.9 Å². The molecule has 0 spiro atoms. The monoisotopic (exact) mass is 448 g/mol. The molecule has 1 amide bonds. The van der Waals surface area contributed by atoms with Crippen LogP contribution in [-0.2, 0) is 34.2 Å². The average Bonchev–Trinajstić information content (AvgIpc) is 2.75. The number of hydrogen-bond donors (Lipinski definition) is 1. The molecule has 0 bridgehead atoms. The molecule has 0 aromatic heterocycles. The molecule has 2 aromatic rings. The van der Waals surface area contributed by atoms with Gasteiger partial charge in [0.15, 0.2) is 11.5 Å². The smallest absolute Gasteiger partial charge is 0.243 e. The van der Waals surface area contributed by atoms with Gasteiger partial charge in [0.25, 0.3) is 0 Å². The molecule has 1 N–H and O–H groups in total. The van der Waals surface area contributed by atoms with Gasteiger partial charge in [-0.1, -0.05) is 32.0 Å². The van der Waals surface area contributed by atoms with Crippen LogP contribution in [0.2, 0.25) is 0 Å². The predicted molar refractivity (Wildman–Crippen MR) is 123 cm³/mol. The van der Waals surface area contributed by atoms with Crippen molar-refractivity contribution in [3.63, 3.8) is 0 Å². The van der Waals surface area contributed by atoms with E-state index in [4.69, 9.17) is 9.47 Å². The van der Waals surface area contributed by atoms with E-state index < -0.39 is 16.1 Å². The number of nitrogens with one attached hydrogen (secondary N) is 1. The number of rotatable bonds is 10. The van der Waals surface area contributed by atoms with E-state index in [-0.39, 0.29) is 5.91 Å². The SMILES string of the molecule is CCc1ccc(CC)c(CNC(=O)[C@H](C)N(c2ccc(OC)c(OC)c2)S(C)(=O)=O)c1. The Labute approximate surface area is 185 Å². The standard InChI is InChI=1S/C23H32N2O5S/c1-7-17-9-10-18(8-2)19(13-17)15-24-23(26)16(3)25(31(6,27)28)20-11-12-21(29-4)22(14-20)30-5/h9-14,16H,7-8,15H2,1-6H3,(H,24,26)/t16-/m0/s1. The maximum atomic E-state index is 12.9. The summed E-state index contributed by atoms with van der Waals surface area (Å²) in [5.41, 5.74) is 3.71. The lowest BCUT2D eigenvalue weighted by Crippen LogP contribution is -2.47. The fraction of sp³-hybridized carbons (Fsp3) is 0.435. The number of carbonyl (C=O) groups is 1. The first-order valence-electron chi connectivity index (χ1n) is 10.3. The maximum Gasteiger partial charge on any atom is 0.243 e. The van der Waals surface area contributed by atoms with Gasteiger partial charge in [0.2, 0.25) is 15.9 Å². The first-order valence-corrected chi connectivity index (χ1v) is 12.1. The van der Waals surface area contributed by atoms with Crippen LogP contribution >= 0.6 is 0 Å². The molecule has 0 unspecified atom stereocenters. The summed E-state index contributed by atoms with van der Waals surface area (Å²) in [6, 6.07) is 10.1. The highest BCUT2D eigenvalue weighted by Gasteiger charge is 2.29. The summed E-state index contributed by atoms with van der Waals surface area (Å²) in [4.78, 5) is 12.9. The van der Waals surface area contributed by atoms with Gasteiger partial charge in [0, 0.05) is 12.6 Å². The number of methoxy groups -OCH3 is 2. The summed E-state index contributed by atoms with van der Waals surface area (Å²) in [5.74, 6) is 0.467. The van der Waals surface area contributed by atoms with E-state index in [2.05, 4.69) is 37.4 Å². The third-order valence-corrected chi connectivity index (χ3v) is 6.46. The van der Waals surface area contributed by atoms with Crippen molar-refractivity contribution in [3.8, 4) is 11.5 Å². The first kappa shape index (κ1) is 24.5. The van der Waals surface area contributed by atoms with E-state index in [1.165, 1.54) is 19.8 Å². The lowest BCUT2D eigenvalue weighted by molar-refractivity contribution is -0.122. The second kappa shape index (κ2) is 10.5. The maximum absolute atomic E-state index is 12.9. The number of sulfonamides is 1. The fourth-order valence-corrected chi connectivity index (χ4v) is 4.68. The third-order valence-electron chi connectivity index (χ3n) is 5.22. The normalized spacial score (nSPS) is 12.2. The Bertz CT molecular complexity index is 1020. The molecule has 0 radical (unpaired) electrons. The van der Waals surface area contributed by atoms with Crippen LogP contribution in [0.25, 0.3) is 0 Å². The van der Waals surface area contributed by atoms with Gasteiger partial charge in [-0.25, -0.2) is 8.42 Å². The van der Waals surface area contributed by atoms with Crippen LogP contribution < -0.4 is 19.1 Å². The molecule has 0 aliphatic carbocycles. The van der Waals surface area contributed by atoms with Crippen LogP contribution in [-0.4, -0.2) is 40.8 Å². The van der Waals surface area contributed by atoms with Crippen LogP contribution in [0.3, 0.4) is 0 Å². The van der Waals surface area contributed by atoms with Gasteiger partial charge in [0.1, 0.15) is 6.04 Å². The zero-order chi connectivity index (χ0) is 23.2. The van der Waals surface area contributed by atoms with Crippen molar-refractivity contribution in [2.45, 2.75) is 46.2 Å². The molecule has 0 saturated heterocycles. The van der Waals surface area contributed by atoms with E-state index in [0.717, 1.165) is 34.5 Å². The fourth-order valence-electron chi connectivity index (χ4n) is 3.51. The second-order valence-electron chi connectivity index (χ2n) is 7.30. The van der Waals surface area contributed by atoms with Crippen molar-refractivity contribution in [3.05, 3.63) is 53.1 Å². The predicted octanol–water partition coefficient (Wildman–Crippen LogP) is 3.30. The van der Waals surface area contributed by atoms with Gasteiger partial charge in [-0.2, -0.15) is 0 Å². The van der Waals surface area contributed by atoms with Gasteiger partial charge in [-0.05, 0) is 48.6 Å². The molecule has 170 valence electrons. The van der Waals surface area contributed by atoms with E-state index in [9.17, 15) is 13.2 Å². The number of nitrogens with zero attached hydrogens (tertiary/aromatic N) is 1. The minimum atomic E-state index is -3.74. The molecule has 0 fully saturated rings. The minimum Gasteiger partial charge on any atom is -0.493 e. The quantitative estimate of drug-likeness (QED) is 0.603. The first-order chi connectivity index (χ1) is 14.7. The molecule has 7 nitrogen and oxygen atoms in total. The van der Waals surface area contributed by atoms with Crippen LogP contribution in [0, 0.1) is 0 Å². The molecule has 0 saturated carbocycles. The van der Waals surface area contributed by atoms with Crippen molar-refractivity contribution in [1.29, 1.82) is 0 Å². The molecule has 8 heteroatoms. The van der Waals surface area contributed by atoms with Crippen molar-refractivity contribution >= 4 is 21.6 Å². The van der Waals surface area contributed by atoms with Crippen molar-refractivity contribution in [2.75, 3.05) is 24.8 Å². The lowest BCUT2D eigenvalue weighted by atomic mass is 10.0. The molecule has 0 aliphatic heterocycles. The van der Waals surface area contributed by atoms with Crippen molar-refractivity contribution in [2.24, 2.45) is 0 Å². The lowest BCUT2D eigenvalue weighted by Gasteiger charge is -2.29. The number of hydrogen-bond acceptors (Lipinski definition) is 5. The van der Waals surface area contributed by atoms with Gasteiger partial charge in [-0.15, -0.1) is 0 Å². The largest absolute Gasteiger partial charge is 0.493 e. The summed E-state index contributed by atoms with van der Waals surface area (Å²) in [5, 5.41) is 2.90. The zero-order valence-electron chi connectivity index (χ0n) is 19.1. The Balaban J connectivity index is 2.29. The zero-order valence-corrected chi connectivity index (χ0v) is 19.9. The Hall–Kier alpha value is -2.74. The van der Waals surface area contributed by atoms with E-state index in [1.54, 1.807) is 25.1 Å². The van der Waals surface area contributed by atoms with Crippen LogP contribution in [0.4, 0.5) is 5.69 Å². The molecule has 1 atom stereocenters. The van der Waals surface area contributed by atoms with E-state index in [1.807, 2.05) is 0 Å². The summed E-state index contributed by atoms with van der Waals surface area (Å²) >= 11 is 0. The highest BCUT2D eigenvalue weighted by Crippen LogP contribution is 2.33. The van der Waals surface area contributed by atoms with Gasteiger partial charge in [-0.3, -0.25) is 9.10 Å². The summed E-state index contributed by atoms with van der Waals surface area (Å²) in [6.45, 7) is 6.05. The van der Waals surface area contributed by atoms with Crippen LogP contribution in [0.15, 0.2) is 36.4 Å². The molecular formula is C23H32N2O5S. The summed E-state index contributed by atoms with van der Waals surface area (Å²) in [6.07, 6.45) is 2.84. The number of anilines is 1. The van der Waals surface area contributed by atoms with Gasteiger partial charge < -0.3 is 14.8 Å². The number of amides is 1. The number of ether oxygens (including phenoxy) is 2. The van der Waals surface area contributed by atoms with Crippen LogP contribution in [0.1, 0.15) is 37.5 Å². The molecule has 0 aliphatic rings. The van der Waals surface area contributed by atoms with Gasteiger partial charge >= 0.3 is 0 Å². The Morgan fingerprint density at radius 1 is 1.00 bits per heavy atom. The van der Waals surface area contributed by atoms with E-state index in [0.29, 0.717) is 23.7 Å². The number of benzene rings is 2. The Morgan fingerprint density at radius 3 is 2.23 bits per heavy atom. The second-order valence-corrected chi connectivity index (χ2v) is 9.16. The molecule has 2 aromatic carbocycles. The highest BCUT2D eigenvalue weighted by atomic mass is 32.2. The number of carbonyl (C=O) groups excluding carboxylic acids is 1. The molecule has 0 heterocycles. The molecule has 2 rings (SSSR count). The summed E-state index contributed by atoms with van der Waals surface area (Å²) < 4.78 is 36.7. The highest BCUT2D eigenvalue weighted by molar-refractivity contribution is 7.92. The number of aryl methyl sites for hydroxylation is 2. The minimum absolute atomic E-state index is 0.324. The Kier molecular flexibility index (Phi) is 8.33.